The summed E-state index contributed by atoms with van der Waals surface area (Å²) in [7, 11) is 0. The number of piperidine rings is 1. The van der Waals surface area contributed by atoms with Gasteiger partial charge in [0.1, 0.15) is 12.4 Å². The maximum absolute atomic E-state index is 12.2. The minimum Gasteiger partial charge on any atom is -0.489 e. The Bertz CT molecular complexity index is 680. The zero-order valence-corrected chi connectivity index (χ0v) is 14.9. The quantitative estimate of drug-likeness (QED) is 0.803. The number of nitrogens with one attached hydrogen (secondary N) is 1. The Morgan fingerprint density at radius 2 is 1.77 bits per heavy atom. The lowest BCUT2D eigenvalue weighted by Gasteiger charge is -2.30. The third-order valence-corrected chi connectivity index (χ3v) is 4.72. The van der Waals surface area contributed by atoms with Gasteiger partial charge in [0.05, 0.1) is 6.54 Å². The summed E-state index contributed by atoms with van der Waals surface area (Å²) in [4.78, 5) is 14.3. The van der Waals surface area contributed by atoms with E-state index in [2.05, 4.69) is 10.2 Å². The van der Waals surface area contributed by atoms with E-state index in [1.807, 2.05) is 54.6 Å². The largest absolute Gasteiger partial charge is 0.489 e. The Morgan fingerprint density at radius 1 is 1.08 bits per heavy atom. The molecule has 1 fully saturated rings. The zero-order valence-electron chi connectivity index (χ0n) is 14.9. The van der Waals surface area contributed by atoms with Gasteiger partial charge in [0, 0.05) is 12.3 Å². The third kappa shape index (κ3) is 5.58. The van der Waals surface area contributed by atoms with Crippen molar-refractivity contribution in [1.82, 2.24) is 4.90 Å². The Labute approximate surface area is 154 Å². The van der Waals surface area contributed by atoms with Crippen molar-refractivity contribution in [2.24, 2.45) is 5.92 Å². The van der Waals surface area contributed by atoms with Crippen LogP contribution in [0, 0.1) is 5.92 Å². The van der Waals surface area contributed by atoms with Crippen LogP contribution in [-0.4, -0.2) is 42.2 Å². The molecule has 2 aromatic rings. The van der Waals surface area contributed by atoms with Crippen LogP contribution in [0.1, 0.15) is 18.4 Å². The molecule has 138 valence electrons. The predicted octanol–water partition coefficient (Wildman–Crippen LogP) is 2.91. The minimum absolute atomic E-state index is 0.00889. The molecule has 5 heteroatoms. The molecule has 0 saturated carbocycles. The fourth-order valence-corrected chi connectivity index (χ4v) is 3.11. The van der Waals surface area contributed by atoms with Gasteiger partial charge in [-0.2, -0.15) is 0 Å². The van der Waals surface area contributed by atoms with Crippen LogP contribution in [0.2, 0.25) is 0 Å². The smallest absolute Gasteiger partial charge is 0.238 e. The first kappa shape index (κ1) is 18.4. The lowest BCUT2D eigenvalue weighted by Crippen LogP contribution is -2.39. The molecule has 1 heterocycles. The molecule has 1 aliphatic rings. The van der Waals surface area contributed by atoms with Gasteiger partial charge in [-0.1, -0.05) is 30.3 Å². The number of hydrogen-bond donors (Lipinski definition) is 2. The Balaban J connectivity index is 1.43. The molecule has 2 N–H and O–H groups in total. The second-order valence-corrected chi connectivity index (χ2v) is 6.75. The molecule has 26 heavy (non-hydrogen) atoms. The minimum atomic E-state index is -0.00889. The molecule has 2 aromatic carbocycles. The standard InChI is InChI=1S/C21H26N2O3/c24-15-17-10-12-23(13-11-17)14-21(25)22-19-6-8-20(9-7-19)26-16-18-4-2-1-3-5-18/h1-9,17,24H,10-16H2,(H,22,25). The van der Waals surface area contributed by atoms with Gasteiger partial charge >= 0.3 is 0 Å². The highest BCUT2D eigenvalue weighted by Gasteiger charge is 2.20. The fourth-order valence-electron chi connectivity index (χ4n) is 3.11. The van der Waals surface area contributed by atoms with Crippen molar-refractivity contribution >= 4 is 11.6 Å². The van der Waals surface area contributed by atoms with E-state index in [0.717, 1.165) is 42.9 Å². The van der Waals surface area contributed by atoms with Crippen LogP contribution in [0.25, 0.3) is 0 Å². The van der Waals surface area contributed by atoms with Crippen molar-refractivity contribution in [3.8, 4) is 5.75 Å². The highest BCUT2D eigenvalue weighted by atomic mass is 16.5. The lowest BCUT2D eigenvalue weighted by atomic mass is 9.98. The molecule has 0 aromatic heterocycles. The number of ether oxygens (including phenoxy) is 1. The second-order valence-electron chi connectivity index (χ2n) is 6.75. The van der Waals surface area contributed by atoms with Crippen LogP contribution < -0.4 is 10.1 Å². The topological polar surface area (TPSA) is 61.8 Å². The molecular weight excluding hydrogens is 328 g/mol. The Hall–Kier alpha value is -2.37. The molecule has 5 nitrogen and oxygen atoms in total. The van der Waals surface area contributed by atoms with E-state index in [0.29, 0.717) is 19.1 Å². The van der Waals surface area contributed by atoms with E-state index in [4.69, 9.17) is 4.74 Å². The van der Waals surface area contributed by atoms with Crippen LogP contribution in [0.4, 0.5) is 5.69 Å². The maximum Gasteiger partial charge on any atom is 0.238 e. The summed E-state index contributed by atoms with van der Waals surface area (Å²) in [6.45, 7) is 2.90. The van der Waals surface area contributed by atoms with E-state index < -0.39 is 0 Å². The second kappa shape index (κ2) is 9.36. The zero-order chi connectivity index (χ0) is 18.2. The molecule has 3 rings (SSSR count). The monoisotopic (exact) mass is 354 g/mol. The van der Waals surface area contributed by atoms with Crippen LogP contribution in [0.5, 0.6) is 5.75 Å². The number of carbonyl (C=O) groups excluding carboxylic acids is 1. The number of hydrogen-bond acceptors (Lipinski definition) is 4. The summed E-state index contributed by atoms with van der Waals surface area (Å²) in [5, 5.41) is 12.1. The average molecular weight is 354 g/mol. The number of anilines is 1. The summed E-state index contributed by atoms with van der Waals surface area (Å²) in [5.74, 6) is 1.15. The number of amides is 1. The summed E-state index contributed by atoms with van der Waals surface area (Å²) in [6, 6.07) is 17.5. The van der Waals surface area contributed by atoms with E-state index in [9.17, 15) is 9.90 Å². The summed E-state index contributed by atoms with van der Waals surface area (Å²) in [5.41, 5.74) is 1.89. The number of carbonyl (C=O) groups is 1. The van der Waals surface area contributed by atoms with Gasteiger partial charge in [0.15, 0.2) is 0 Å². The van der Waals surface area contributed by atoms with Crippen LogP contribution >= 0.6 is 0 Å². The number of nitrogens with zero attached hydrogens (tertiary/aromatic N) is 1. The number of rotatable bonds is 7. The highest BCUT2D eigenvalue weighted by molar-refractivity contribution is 5.92. The normalized spacial score (nSPS) is 15.6. The molecule has 0 spiro atoms. The van der Waals surface area contributed by atoms with E-state index in [-0.39, 0.29) is 12.5 Å². The summed E-state index contributed by atoms with van der Waals surface area (Å²) < 4.78 is 5.75. The maximum atomic E-state index is 12.2. The van der Waals surface area contributed by atoms with Gasteiger partial charge in [0.25, 0.3) is 0 Å². The molecule has 1 aliphatic heterocycles. The van der Waals surface area contributed by atoms with Crippen LogP contribution in [0.3, 0.4) is 0 Å². The van der Waals surface area contributed by atoms with Gasteiger partial charge < -0.3 is 15.2 Å². The van der Waals surface area contributed by atoms with Crippen LogP contribution in [0.15, 0.2) is 54.6 Å². The Kier molecular flexibility index (Phi) is 6.63. The van der Waals surface area contributed by atoms with E-state index in [1.54, 1.807) is 0 Å². The average Bonchev–Trinajstić information content (AvgIpc) is 2.69. The number of benzene rings is 2. The third-order valence-electron chi connectivity index (χ3n) is 4.72. The van der Waals surface area contributed by atoms with Crippen molar-refractivity contribution in [2.45, 2.75) is 19.4 Å². The predicted molar refractivity (Wildman–Crippen MR) is 102 cm³/mol. The van der Waals surface area contributed by atoms with Crippen LogP contribution in [-0.2, 0) is 11.4 Å². The molecule has 0 unspecified atom stereocenters. The van der Waals surface area contributed by atoms with Crippen molar-refractivity contribution < 1.29 is 14.6 Å². The van der Waals surface area contributed by atoms with Gasteiger partial charge in [-0.3, -0.25) is 9.69 Å². The molecular formula is C21H26N2O3. The molecule has 1 saturated heterocycles. The highest BCUT2D eigenvalue weighted by Crippen LogP contribution is 2.18. The first-order valence-electron chi connectivity index (χ1n) is 9.13. The van der Waals surface area contributed by atoms with E-state index in [1.165, 1.54) is 0 Å². The van der Waals surface area contributed by atoms with Crippen molar-refractivity contribution in [3.63, 3.8) is 0 Å². The summed E-state index contributed by atoms with van der Waals surface area (Å²) in [6.07, 6.45) is 1.91. The molecule has 0 radical (unpaired) electrons. The fraction of sp³-hybridized carbons (Fsp3) is 0.381. The van der Waals surface area contributed by atoms with E-state index >= 15 is 0 Å². The first-order chi connectivity index (χ1) is 12.7. The number of aliphatic hydroxyl groups is 1. The molecule has 0 atom stereocenters. The molecule has 0 bridgehead atoms. The van der Waals surface area contributed by atoms with Crippen molar-refractivity contribution in [2.75, 3.05) is 31.6 Å². The summed E-state index contributed by atoms with van der Waals surface area (Å²) >= 11 is 0. The molecule has 1 amide bonds. The molecule has 0 aliphatic carbocycles. The first-order valence-corrected chi connectivity index (χ1v) is 9.13. The SMILES string of the molecule is O=C(CN1CCC(CO)CC1)Nc1ccc(OCc2ccccc2)cc1. The number of aliphatic hydroxyl groups excluding tert-OH is 1. The Morgan fingerprint density at radius 3 is 2.42 bits per heavy atom. The lowest BCUT2D eigenvalue weighted by molar-refractivity contribution is -0.117. The van der Waals surface area contributed by atoms with Gasteiger partial charge in [-0.15, -0.1) is 0 Å². The van der Waals surface area contributed by atoms with Gasteiger partial charge in [-0.25, -0.2) is 0 Å². The van der Waals surface area contributed by atoms with Gasteiger partial charge in [-0.05, 0) is 61.7 Å². The van der Waals surface area contributed by atoms with Crippen molar-refractivity contribution in [1.29, 1.82) is 0 Å². The van der Waals surface area contributed by atoms with Crippen molar-refractivity contribution in [3.05, 3.63) is 60.2 Å². The number of likely N-dealkylation sites (tertiary alicyclic amines) is 1. The van der Waals surface area contributed by atoms with Gasteiger partial charge in [0.2, 0.25) is 5.91 Å².